The first-order valence-electron chi connectivity index (χ1n) is 7.90. The van der Waals surface area contributed by atoms with Crippen molar-refractivity contribution in [2.75, 3.05) is 0 Å². The number of benzene rings is 2. The Morgan fingerprint density at radius 1 is 0.929 bits per heavy atom. The number of rotatable bonds is 4. The highest BCUT2D eigenvalue weighted by Gasteiger charge is 2.30. The van der Waals surface area contributed by atoms with Crippen molar-refractivity contribution in [3.05, 3.63) is 76.0 Å². The fraction of sp³-hybridized carbons (Fsp3) is 0.0526. The van der Waals surface area contributed by atoms with Gasteiger partial charge < -0.3 is 13.9 Å². The maximum atomic E-state index is 12.8. The van der Waals surface area contributed by atoms with Gasteiger partial charge in [-0.05, 0) is 53.9 Å². The minimum absolute atomic E-state index is 0.0547. The molecule has 0 aliphatic rings. The van der Waals surface area contributed by atoms with Crippen molar-refractivity contribution in [1.29, 1.82) is 0 Å². The molecule has 28 heavy (non-hydrogen) atoms. The van der Waals surface area contributed by atoms with Crippen LogP contribution in [0.5, 0.6) is 23.3 Å². The summed E-state index contributed by atoms with van der Waals surface area (Å²) < 4.78 is 54.6. The van der Waals surface area contributed by atoms with E-state index < -0.39 is 17.4 Å². The lowest BCUT2D eigenvalue weighted by molar-refractivity contribution is -0.137. The van der Waals surface area contributed by atoms with E-state index in [2.05, 4.69) is 4.98 Å². The molecule has 142 valence electrons. The fourth-order valence-electron chi connectivity index (χ4n) is 2.38. The van der Waals surface area contributed by atoms with E-state index in [0.717, 1.165) is 12.1 Å². The van der Waals surface area contributed by atoms with Gasteiger partial charge in [0.05, 0.1) is 11.1 Å². The van der Waals surface area contributed by atoms with Crippen LogP contribution in [0.1, 0.15) is 5.56 Å². The molecule has 2 heterocycles. The zero-order valence-electron chi connectivity index (χ0n) is 13.9. The Balaban J connectivity index is 1.50. The Labute approximate surface area is 159 Å². The first kappa shape index (κ1) is 18.1. The van der Waals surface area contributed by atoms with E-state index in [0.29, 0.717) is 21.7 Å². The third kappa shape index (κ3) is 3.84. The van der Waals surface area contributed by atoms with Crippen LogP contribution in [0, 0.1) is 0 Å². The summed E-state index contributed by atoms with van der Waals surface area (Å²) in [6.45, 7) is 0. The van der Waals surface area contributed by atoms with Gasteiger partial charge in [-0.3, -0.25) is 0 Å². The first-order chi connectivity index (χ1) is 13.4. The summed E-state index contributed by atoms with van der Waals surface area (Å²) in [7, 11) is 0. The topological polar surface area (TPSA) is 61.6 Å². The van der Waals surface area contributed by atoms with E-state index >= 15 is 0 Å². The van der Waals surface area contributed by atoms with Gasteiger partial charge in [0.25, 0.3) is 0 Å². The molecule has 0 aliphatic heterocycles. The lowest BCUT2D eigenvalue weighted by atomic mass is 10.2. The second-order valence-corrected chi connectivity index (χ2v) is 6.52. The molecular formula is C19H10F3NO4S. The van der Waals surface area contributed by atoms with Crippen LogP contribution in [0.3, 0.4) is 0 Å². The molecule has 5 nitrogen and oxygen atoms in total. The van der Waals surface area contributed by atoms with Crippen LogP contribution in [0.15, 0.2) is 69.2 Å². The third-order valence-corrected chi connectivity index (χ3v) is 4.53. The standard InChI is InChI=1S/C19H10F3NO4S/c20-19(21,22)11-2-1-3-14(10-11)25-12-4-6-13(7-5-12)26-18-23-15-8-9-28-16(15)17(24)27-18/h1-10H. The second-order valence-electron chi connectivity index (χ2n) is 5.60. The zero-order valence-corrected chi connectivity index (χ0v) is 14.7. The van der Waals surface area contributed by atoms with Crippen molar-refractivity contribution in [2.45, 2.75) is 6.18 Å². The van der Waals surface area contributed by atoms with Gasteiger partial charge in [0.1, 0.15) is 21.9 Å². The third-order valence-electron chi connectivity index (χ3n) is 3.65. The maximum Gasteiger partial charge on any atom is 0.416 e. The SMILES string of the molecule is O=c1oc(Oc2ccc(Oc3cccc(C(F)(F)F)c3)cc2)nc2ccsc12. The summed E-state index contributed by atoms with van der Waals surface area (Å²) in [5, 5.41) is 1.72. The lowest BCUT2D eigenvalue weighted by Crippen LogP contribution is -2.04. The van der Waals surface area contributed by atoms with E-state index in [1.807, 2.05) is 0 Å². The predicted molar refractivity (Wildman–Crippen MR) is 96.2 cm³/mol. The average molecular weight is 405 g/mol. The van der Waals surface area contributed by atoms with E-state index in [9.17, 15) is 18.0 Å². The molecule has 0 fully saturated rings. The highest BCUT2D eigenvalue weighted by atomic mass is 32.1. The molecule has 0 spiro atoms. The molecular weight excluding hydrogens is 395 g/mol. The molecule has 9 heteroatoms. The Kier molecular flexibility index (Phi) is 4.52. The molecule has 0 atom stereocenters. The summed E-state index contributed by atoms with van der Waals surface area (Å²) in [4.78, 5) is 15.9. The molecule has 0 amide bonds. The molecule has 2 aromatic heterocycles. The molecule has 2 aromatic carbocycles. The van der Waals surface area contributed by atoms with Crippen LogP contribution in [-0.4, -0.2) is 4.98 Å². The minimum atomic E-state index is -4.45. The van der Waals surface area contributed by atoms with Crippen molar-refractivity contribution >= 4 is 21.6 Å². The summed E-state index contributed by atoms with van der Waals surface area (Å²) in [6, 6.07) is 12.3. The number of fused-ring (bicyclic) bond motifs is 1. The van der Waals surface area contributed by atoms with Gasteiger partial charge in [0.15, 0.2) is 0 Å². The largest absolute Gasteiger partial charge is 0.457 e. The van der Waals surface area contributed by atoms with Crippen LogP contribution in [-0.2, 0) is 6.18 Å². The number of halogens is 3. The Morgan fingerprint density at radius 2 is 1.64 bits per heavy atom. The number of thiophene rings is 1. The molecule has 0 bridgehead atoms. The number of hydrogen-bond donors (Lipinski definition) is 0. The number of ether oxygens (including phenoxy) is 2. The minimum Gasteiger partial charge on any atom is -0.457 e. The van der Waals surface area contributed by atoms with Gasteiger partial charge in [-0.15, -0.1) is 11.3 Å². The van der Waals surface area contributed by atoms with Gasteiger partial charge in [-0.25, -0.2) is 4.79 Å². The molecule has 4 aromatic rings. The van der Waals surface area contributed by atoms with Crippen molar-refractivity contribution in [3.63, 3.8) is 0 Å². The molecule has 0 N–H and O–H groups in total. The average Bonchev–Trinajstić information content (AvgIpc) is 3.12. The molecule has 4 rings (SSSR count). The number of alkyl halides is 3. The summed E-state index contributed by atoms with van der Waals surface area (Å²) >= 11 is 1.22. The highest BCUT2D eigenvalue weighted by Crippen LogP contribution is 2.33. The maximum absolute atomic E-state index is 12.8. The van der Waals surface area contributed by atoms with Crippen molar-refractivity contribution < 1.29 is 27.1 Å². The molecule has 0 saturated heterocycles. The summed E-state index contributed by atoms with van der Waals surface area (Å²) in [5.41, 5.74) is -0.866. The van der Waals surface area contributed by atoms with Crippen LogP contribution in [0.2, 0.25) is 0 Å². The Hall–Kier alpha value is -3.33. The Bertz CT molecular complexity index is 1180. The zero-order chi connectivity index (χ0) is 19.7. The van der Waals surface area contributed by atoms with Gasteiger partial charge in [0, 0.05) is 0 Å². The van der Waals surface area contributed by atoms with Gasteiger partial charge in [0.2, 0.25) is 0 Å². The van der Waals surface area contributed by atoms with Crippen LogP contribution >= 0.6 is 11.3 Å². The quantitative estimate of drug-likeness (QED) is 0.426. The monoisotopic (exact) mass is 405 g/mol. The number of nitrogens with zero attached hydrogens (tertiary/aromatic N) is 1. The van der Waals surface area contributed by atoms with Gasteiger partial charge >= 0.3 is 17.9 Å². The van der Waals surface area contributed by atoms with E-state index in [4.69, 9.17) is 13.9 Å². The highest BCUT2D eigenvalue weighted by molar-refractivity contribution is 7.17. The lowest BCUT2D eigenvalue weighted by Gasteiger charge is -2.10. The summed E-state index contributed by atoms with van der Waals surface area (Å²) in [5.74, 6) is 0.690. The van der Waals surface area contributed by atoms with Crippen LogP contribution < -0.4 is 15.1 Å². The fourth-order valence-corrected chi connectivity index (χ4v) is 3.09. The van der Waals surface area contributed by atoms with E-state index in [-0.39, 0.29) is 11.8 Å². The van der Waals surface area contributed by atoms with Crippen molar-refractivity contribution in [1.82, 2.24) is 4.98 Å². The van der Waals surface area contributed by atoms with Crippen molar-refractivity contribution in [3.8, 4) is 23.3 Å². The van der Waals surface area contributed by atoms with Crippen LogP contribution in [0.25, 0.3) is 10.2 Å². The molecule has 0 aliphatic carbocycles. The first-order valence-corrected chi connectivity index (χ1v) is 8.78. The number of hydrogen-bond acceptors (Lipinski definition) is 6. The second kappa shape index (κ2) is 7.01. The van der Waals surface area contributed by atoms with Gasteiger partial charge in [-0.1, -0.05) is 6.07 Å². The smallest absolute Gasteiger partial charge is 0.416 e. The summed E-state index contributed by atoms with van der Waals surface area (Å²) in [6.07, 6.45) is -4.65. The predicted octanol–water partition coefficient (Wildman–Crippen LogP) is 5.85. The van der Waals surface area contributed by atoms with E-state index in [1.54, 1.807) is 11.4 Å². The normalized spacial score (nSPS) is 11.5. The molecule has 0 radical (unpaired) electrons. The molecule has 0 unspecified atom stereocenters. The Morgan fingerprint density at radius 3 is 2.36 bits per heavy atom. The molecule has 0 saturated carbocycles. The van der Waals surface area contributed by atoms with Gasteiger partial charge in [-0.2, -0.15) is 18.2 Å². The van der Waals surface area contributed by atoms with E-state index in [1.165, 1.54) is 47.7 Å². The van der Waals surface area contributed by atoms with Crippen molar-refractivity contribution in [2.24, 2.45) is 0 Å². The number of aromatic nitrogens is 1. The van der Waals surface area contributed by atoms with Crippen LogP contribution in [0.4, 0.5) is 13.2 Å².